The number of guanidine groups is 1. The van der Waals surface area contributed by atoms with Gasteiger partial charge in [0, 0.05) is 19.2 Å². The molecular formula is C15H22F2IN3O. The van der Waals surface area contributed by atoms with Crippen molar-refractivity contribution in [2.45, 2.75) is 31.7 Å². The van der Waals surface area contributed by atoms with Gasteiger partial charge in [-0.3, -0.25) is 4.99 Å². The lowest BCUT2D eigenvalue weighted by Crippen LogP contribution is -2.43. The van der Waals surface area contributed by atoms with Crippen LogP contribution in [0.2, 0.25) is 0 Å². The van der Waals surface area contributed by atoms with Crippen molar-refractivity contribution in [2.75, 3.05) is 20.2 Å². The number of rotatable bonds is 5. The number of aliphatic imine (C=N–C) groups is 1. The van der Waals surface area contributed by atoms with Gasteiger partial charge in [0.15, 0.2) is 17.5 Å². The Kier molecular flexibility index (Phi) is 8.44. The maximum absolute atomic E-state index is 13.4. The first-order chi connectivity index (χ1) is 10.2. The molecule has 0 amide bonds. The van der Waals surface area contributed by atoms with E-state index in [1.54, 1.807) is 7.05 Å². The van der Waals surface area contributed by atoms with Gasteiger partial charge < -0.3 is 15.4 Å². The molecule has 1 fully saturated rings. The highest BCUT2D eigenvalue weighted by molar-refractivity contribution is 14.0. The molecule has 1 aliphatic rings. The number of nitrogens with one attached hydrogen (secondary N) is 2. The summed E-state index contributed by atoms with van der Waals surface area (Å²) in [6, 6.07) is 3.75. The Hall–Kier alpha value is -1.12. The molecule has 0 unspecified atom stereocenters. The maximum Gasteiger partial charge on any atom is 0.191 e. The van der Waals surface area contributed by atoms with Crippen molar-refractivity contribution >= 4 is 29.9 Å². The van der Waals surface area contributed by atoms with Crippen LogP contribution in [0.1, 0.15) is 25.7 Å². The molecule has 0 saturated heterocycles. The molecule has 1 aromatic carbocycles. The number of ether oxygens (including phenoxy) is 1. The van der Waals surface area contributed by atoms with Crippen LogP contribution < -0.4 is 15.4 Å². The zero-order chi connectivity index (χ0) is 15.1. The van der Waals surface area contributed by atoms with Crippen LogP contribution in [0.15, 0.2) is 23.2 Å². The fourth-order valence-corrected chi connectivity index (χ4v) is 2.38. The van der Waals surface area contributed by atoms with Gasteiger partial charge in [-0.1, -0.05) is 12.8 Å². The van der Waals surface area contributed by atoms with Crippen molar-refractivity contribution in [1.82, 2.24) is 10.6 Å². The Balaban J connectivity index is 0.00000242. The molecular weight excluding hydrogens is 403 g/mol. The first-order valence-corrected chi connectivity index (χ1v) is 7.24. The lowest BCUT2D eigenvalue weighted by Gasteiger charge is -2.17. The summed E-state index contributed by atoms with van der Waals surface area (Å²) in [6.45, 7) is 0.761. The van der Waals surface area contributed by atoms with Crippen LogP contribution in [0, 0.1) is 11.6 Å². The first-order valence-electron chi connectivity index (χ1n) is 7.24. The van der Waals surface area contributed by atoms with E-state index in [9.17, 15) is 8.78 Å². The van der Waals surface area contributed by atoms with Crippen LogP contribution in [0.25, 0.3) is 0 Å². The minimum atomic E-state index is -0.691. The SMILES string of the molecule is CN=C(NCCOc1ccc(F)cc1F)NC1CCCC1.I. The summed E-state index contributed by atoms with van der Waals surface area (Å²) < 4.78 is 31.4. The molecule has 22 heavy (non-hydrogen) atoms. The van der Waals surface area contributed by atoms with Gasteiger partial charge in [-0.25, -0.2) is 8.78 Å². The topological polar surface area (TPSA) is 45.7 Å². The Morgan fingerprint density at radius 3 is 2.68 bits per heavy atom. The van der Waals surface area contributed by atoms with Gasteiger partial charge in [-0.05, 0) is 25.0 Å². The van der Waals surface area contributed by atoms with Crippen LogP contribution in [0.5, 0.6) is 5.75 Å². The summed E-state index contributed by atoms with van der Waals surface area (Å²) in [5.74, 6) is -0.523. The van der Waals surface area contributed by atoms with E-state index in [2.05, 4.69) is 15.6 Å². The Labute approximate surface area is 146 Å². The minimum Gasteiger partial charge on any atom is -0.489 e. The molecule has 1 aliphatic carbocycles. The van der Waals surface area contributed by atoms with E-state index in [0.29, 0.717) is 12.6 Å². The molecule has 0 spiro atoms. The molecule has 1 aromatic rings. The van der Waals surface area contributed by atoms with Crippen LogP contribution in [0.3, 0.4) is 0 Å². The van der Waals surface area contributed by atoms with E-state index in [0.717, 1.165) is 24.9 Å². The summed E-state index contributed by atoms with van der Waals surface area (Å²) in [4.78, 5) is 4.14. The third-order valence-corrected chi connectivity index (χ3v) is 3.47. The van der Waals surface area contributed by atoms with Crippen molar-refractivity contribution in [1.29, 1.82) is 0 Å². The van der Waals surface area contributed by atoms with Crippen LogP contribution in [0.4, 0.5) is 8.78 Å². The summed E-state index contributed by atoms with van der Waals surface area (Å²) >= 11 is 0. The molecule has 0 bridgehead atoms. The monoisotopic (exact) mass is 425 g/mol. The van der Waals surface area contributed by atoms with E-state index < -0.39 is 11.6 Å². The molecule has 1 saturated carbocycles. The standard InChI is InChI=1S/C15H21F2N3O.HI/c1-18-15(20-12-4-2-3-5-12)19-8-9-21-14-7-6-11(16)10-13(14)17;/h6-7,10,12H,2-5,8-9H2,1H3,(H2,18,19,20);1H. The molecule has 0 heterocycles. The van der Waals surface area contributed by atoms with Gasteiger partial charge in [0.1, 0.15) is 12.4 Å². The van der Waals surface area contributed by atoms with Crippen LogP contribution >= 0.6 is 24.0 Å². The van der Waals surface area contributed by atoms with Crippen molar-refractivity contribution in [3.05, 3.63) is 29.8 Å². The third kappa shape index (κ3) is 5.94. The van der Waals surface area contributed by atoms with Crippen molar-refractivity contribution in [3.63, 3.8) is 0 Å². The van der Waals surface area contributed by atoms with Crippen molar-refractivity contribution < 1.29 is 13.5 Å². The highest BCUT2D eigenvalue weighted by Gasteiger charge is 2.15. The summed E-state index contributed by atoms with van der Waals surface area (Å²) in [7, 11) is 1.71. The number of benzene rings is 1. The highest BCUT2D eigenvalue weighted by Crippen LogP contribution is 2.18. The largest absolute Gasteiger partial charge is 0.489 e. The van der Waals surface area contributed by atoms with Crippen LogP contribution in [-0.2, 0) is 0 Å². The van der Waals surface area contributed by atoms with Gasteiger partial charge in [-0.2, -0.15) is 0 Å². The smallest absolute Gasteiger partial charge is 0.191 e. The number of nitrogens with zero attached hydrogens (tertiary/aromatic N) is 1. The normalized spacial score (nSPS) is 15.3. The predicted molar refractivity (Wildman–Crippen MR) is 94.0 cm³/mol. The Morgan fingerprint density at radius 2 is 2.05 bits per heavy atom. The quantitative estimate of drug-likeness (QED) is 0.330. The summed E-state index contributed by atoms with van der Waals surface area (Å²) in [5.41, 5.74) is 0. The zero-order valence-electron chi connectivity index (χ0n) is 12.6. The van der Waals surface area contributed by atoms with E-state index in [1.807, 2.05) is 0 Å². The van der Waals surface area contributed by atoms with E-state index in [1.165, 1.54) is 25.0 Å². The summed E-state index contributed by atoms with van der Waals surface area (Å²) in [6.07, 6.45) is 4.83. The maximum atomic E-state index is 13.4. The lowest BCUT2D eigenvalue weighted by atomic mass is 10.2. The average Bonchev–Trinajstić information content (AvgIpc) is 2.97. The fraction of sp³-hybridized carbons (Fsp3) is 0.533. The second kappa shape index (κ2) is 9.81. The molecule has 0 radical (unpaired) electrons. The van der Waals surface area contributed by atoms with Gasteiger partial charge in [0.2, 0.25) is 0 Å². The summed E-state index contributed by atoms with van der Waals surface area (Å²) in [5, 5.41) is 6.46. The molecule has 7 heteroatoms. The number of hydrogen-bond donors (Lipinski definition) is 2. The van der Waals surface area contributed by atoms with E-state index in [4.69, 9.17) is 4.74 Å². The lowest BCUT2D eigenvalue weighted by molar-refractivity contribution is 0.304. The van der Waals surface area contributed by atoms with Crippen molar-refractivity contribution in [3.8, 4) is 5.75 Å². The van der Waals surface area contributed by atoms with E-state index >= 15 is 0 Å². The van der Waals surface area contributed by atoms with Gasteiger partial charge in [0.25, 0.3) is 0 Å². The van der Waals surface area contributed by atoms with Crippen LogP contribution in [-0.4, -0.2) is 32.2 Å². The van der Waals surface area contributed by atoms with Gasteiger partial charge in [0.05, 0.1) is 6.54 Å². The Bertz CT molecular complexity index is 494. The Morgan fingerprint density at radius 1 is 1.32 bits per heavy atom. The van der Waals surface area contributed by atoms with Gasteiger partial charge in [-0.15, -0.1) is 24.0 Å². The van der Waals surface area contributed by atoms with Gasteiger partial charge >= 0.3 is 0 Å². The zero-order valence-corrected chi connectivity index (χ0v) is 14.9. The average molecular weight is 425 g/mol. The molecule has 2 N–H and O–H groups in total. The van der Waals surface area contributed by atoms with Crippen molar-refractivity contribution in [2.24, 2.45) is 4.99 Å². The molecule has 4 nitrogen and oxygen atoms in total. The molecule has 0 atom stereocenters. The fourth-order valence-electron chi connectivity index (χ4n) is 2.38. The molecule has 124 valence electrons. The number of halogens is 3. The number of hydrogen-bond acceptors (Lipinski definition) is 2. The molecule has 2 rings (SSSR count). The molecule has 0 aromatic heterocycles. The second-order valence-electron chi connectivity index (χ2n) is 5.05. The second-order valence-corrected chi connectivity index (χ2v) is 5.05. The predicted octanol–water partition coefficient (Wildman–Crippen LogP) is 3.07. The third-order valence-electron chi connectivity index (χ3n) is 3.47. The minimum absolute atomic E-state index is 0. The van der Waals surface area contributed by atoms with E-state index in [-0.39, 0.29) is 36.3 Å². The first kappa shape index (κ1) is 18.9. The highest BCUT2D eigenvalue weighted by atomic mass is 127. The molecule has 0 aliphatic heterocycles.